The fourth-order valence-electron chi connectivity index (χ4n) is 2.94. The van der Waals surface area contributed by atoms with E-state index in [9.17, 15) is 8.42 Å². The number of aromatic nitrogens is 2. The van der Waals surface area contributed by atoms with Gasteiger partial charge in [-0.15, -0.1) is 0 Å². The van der Waals surface area contributed by atoms with Gasteiger partial charge in [0.05, 0.1) is 17.5 Å². The first-order valence-electron chi connectivity index (χ1n) is 8.09. The molecule has 0 saturated heterocycles. The Morgan fingerprint density at radius 2 is 1.88 bits per heavy atom. The molecule has 0 aliphatic carbocycles. The van der Waals surface area contributed by atoms with Crippen LogP contribution >= 0.6 is 0 Å². The van der Waals surface area contributed by atoms with Crippen molar-refractivity contribution in [3.63, 3.8) is 0 Å². The minimum Gasteiger partial charge on any atom is -0.496 e. The fourth-order valence-corrected chi connectivity index (χ4v) is 3.59. The van der Waals surface area contributed by atoms with Gasteiger partial charge in [0.2, 0.25) is 0 Å². The molecule has 6 nitrogen and oxygen atoms in total. The van der Waals surface area contributed by atoms with Crippen LogP contribution in [0.4, 0.5) is 5.82 Å². The van der Waals surface area contributed by atoms with Crippen molar-refractivity contribution in [1.29, 1.82) is 0 Å². The van der Waals surface area contributed by atoms with Gasteiger partial charge >= 0.3 is 0 Å². The molecular weight excluding hydrogens is 350 g/mol. The highest BCUT2D eigenvalue weighted by atomic mass is 32.2. The summed E-state index contributed by atoms with van der Waals surface area (Å²) in [5, 5.41) is 0.711. The van der Waals surface area contributed by atoms with Crippen LogP contribution in [0.3, 0.4) is 0 Å². The predicted molar refractivity (Wildman–Crippen MR) is 102 cm³/mol. The lowest BCUT2D eigenvalue weighted by Crippen LogP contribution is -2.18. The molecule has 1 aromatic heterocycles. The third-order valence-electron chi connectivity index (χ3n) is 4.25. The molecule has 0 fully saturated rings. The maximum atomic E-state index is 11.9. The average Bonchev–Trinajstić information content (AvgIpc) is 2.60. The van der Waals surface area contributed by atoms with E-state index in [2.05, 4.69) is 16.0 Å². The molecule has 1 heterocycles. The van der Waals surface area contributed by atoms with Crippen LogP contribution in [0.15, 0.2) is 47.6 Å². The average molecular weight is 371 g/mol. The smallest absolute Gasteiger partial charge is 0.175 e. The van der Waals surface area contributed by atoms with E-state index in [0.29, 0.717) is 23.3 Å². The predicted octanol–water partition coefficient (Wildman–Crippen LogP) is 2.99. The number of fused-ring (bicyclic) bond motifs is 1. The van der Waals surface area contributed by atoms with Gasteiger partial charge in [-0.2, -0.15) is 0 Å². The monoisotopic (exact) mass is 371 g/mol. The van der Waals surface area contributed by atoms with Gasteiger partial charge in [0.15, 0.2) is 9.84 Å². The van der Waals surface area contributed by atoms with Crippen molar-refractivity contribution in [2.24, 2.45) is 0 Å². The van der Waals surface area contributed by atoms with E-state index in [1.807, 2.05) is 31.0 Å². The first-order valence-corrected chi connectivity index (χ1v) is 9.98. The standard InChI is InChI=1S/C19H21N3O3S/c1-13-9-14(5-8-18(13)25-3)11-22(2)19-16-10-15(26(4,23)24)6-7-17(16)20-12-21-19/h5-10,12H,11H2,1-4H3. The summed E-state index contributed by atoms with van der Waals surface area (Å²) in [5.74, 6) is 1.54. The Kier molecular flexibility index (Phi) is 4.82. The highest BCUT2D eigenvalue weighted by molar-refractivity contribution is 7.90. The van der Waals surface area contributed by atoms with E-state index in [0.717, 1.165) is 16.9 Å². The molecule has 3 aromatic rings. The van der Waals surface area contributed by atoms with Gasteiger partial charge in [0.25, 0.3) is 0 Å². The molecule has 0 aliphatic rings. The molecule has 0 atom stereocenters. The van der Waals surface area contributed by atoms with Crippen LogP contribution in [0.2, 0.25) is 0 Å². The van der Waals surface area contributed by atoms with E-state index in [1.54, 1.807) is 25.3 Å². The molecule has 0 N–H and O–H groups in total. The van der Waals surface area contributed by atoms with Crippen molar-refractivity contribution < 1.29 is 13.2 Å². The van der Waals surface area contributed by atoms with E-state index in [1.165, 1.54) is 12.6 Å². The highest BCUT2D eigenvalue weighted by Crippen LogP contribution is 2.27. The molecule has 0 amide bonds. The van der Waals surface area contributed by atoms with Crippen LogP contribution in [0.5, 0.6) is 5.75 Å². The van der Waals surface area contributed by atoms with Gasteiger partial charge < -0.3 is 9.64 Å². The highest BCUT2D eigenvalue weighted by Gasteiger charge is 2.14. The van der Waals surface area contributed by atoms with E-state index >= 15 is 0 Å². The summed E-state index contributed by atoms with van der Waals surface area (Å²) in [6.07, 6.45) is 2.69. The molecule has 0 aliphatic heterocycles. The van der Waals surface area contributed by atoms with Crippen LogP contribution in [-0.4, -0.2) is 38.8 Å². The minimum atomic E-state index is -3.30. The second-order valence-corrected chi connectivity index (χ2v) is 8.32. The van der Waals surface area contributed by atoms with Crippen molar-refractivity contribution in [1.82, 2.24) is 9.97 Å². The van der Waals surface area contributed by atoms with Crippen molar-refractivity contribution in [3.8, 4) is 5.75 Å². The van der Waals surface area contributed by atoms with Crippen LogP contribution in [0, 0.1) is 6.92 Å². The minimum absolute atomic E-state index is 0.259. The summed E-state index contributed by atoms with van der Waals surface area (Å²) in [6, 6.07) is 10.9. The fraction of sp³-hybridized carbons (Fsp3) is 0.263. The Labute approximate surface area is 153 Å². The largest absolute Gasteiger partial charge is 0.496 e. The Morgan fingerprint density at radius 1 is 1.12 bits per heavy atom. The van der Waals surface area contributed by atoms with E-state index < -0.39 is 9.84 Å². The molecule has 7 heteroatoms. The summed E-state index contributed by atoms with van der Waals surface area (Å²) < 4.78 is 29.1. The maximum Gasteiger partial charge on any atom is 0.175 e. The summed E-state index contributed by atoms with van der Waals surface area (Å²) >= 11 is 0. The Hall–Kier alpha value is -2.67. The van der Waals surface area contributed by atoms with E-state index in [4.69, 9.17) is 4.74 Å². The van der Waals surface area contributed by atoms with Crippen molar-refractivity contribution in [2.75, 3.05) is 25.3 Å². The van der Waals surface area contributed by atoms with Crippen LogP contribution in [0.25, 0.3) is 10.9 Å². The number of benzene rings is 2. The van der Waals surface area contributed by atoms with Gasteiger partial charge in [-0.1, -0.05) is 12.1 Å². The van der Waals surface area contributed by atoms with Crippen LogP contribution in [0.1, 0.15) is 11.1 Å². The van der Waals surface area contributed by atoms with Crippen molar-refractivity contribution >= 4 is 26.6 Å². The number of anilines is 1. The molecule has 136 valence electrons. The quantitative estimate of drug-likeness (QED) is 0.687. The molecule has 26 heavy (non-hydrogen) atoms. The number of hydrogen-bond donors (Lipinski definition) is 0. The number of sulfone groups is 1. The number of hydrogen-bond acceptors (Lipinski definition) is 6. The van der Waals surface area contributed by atoms with Crippen molar-refractivity contribution in [2.45, 2.75) is 18.4 Å². The molecule has 3 rings (SSSR count). The van der Waals surface area contributed by atoms with Gasteiger partial charge in [-0.3, -0.25) is 0 Å². The third-order valence-corrected chi connectivity index (χ3v) is 5.36. The Bertz CT molecular complexity index is 1060. The number of ether oxygens (including phenoxy) is 1. The van der Waals surface area contributed by atoms with Crippen molar-refractivity contribution in [3.05, 3.63) is 53.9 Å². The van der Waals surface area contributed by atoms with Crippen LogP contribution in [-0.2, 0) is 16.4 Å². The summed E-state index contributed by atoms with van der Waals surface area (Å²) in [4.78, 5) is 10.9. The molecular formula is C19H21N3O3S. The topological polar surface area (TPSA) is 72.4 Å². The molecule has 0 saturated carbocycles. The Morgan fingerprint density at radius 3 is 2.54 bits per heavy atom. The van der Waals surface area contributed by atoms with Gasteiger partial charge in [0.1, 0.15) is 17.9 Å². The number of methoxy groups -OCH3 is 1. The zero-order chi connectivity index (χ0) is 18.9. The second-order valence-electron chi connectivity index (χ2n) is 6.31. The maximum absolute atomic E-state index is 11.9. The lowest BCUT2D eigenvalue weighted by atomic mass is 10.1. The van der Waals surface area contributed by atoms with Gasteiger partial charge in [-0.25, -0.2) is 18.4 Å². The van der Waals surface area contributed by atoms with Gasteiger partial charge in [-0.05, 0) is 42.3 Å². The number of rotatable bonds is 5. The molecule has 0 unspecified atom stereocenters. The summed E-state index contributed by atoms with van der Waals surface area (Å²) in [7, 11) is 0.281. The SMILES string of the molecule is COc1ccc(CN(C)c2ncnc3ccc(S(C)(=O)=O)cc23)cc1C. The second kappa shape index (κ2) is 6.92. The number of aryl methyl sites for hydroxylation is 1. The zero-order valence-electron chi connectivity index (χ0n) is 15.2. The summed E-state index contributed by atoms with van der Waals surface area (Å²) in [5.41, 5.74) is 2.88. The normalized spacial score (nSPS) is 11.5. The lowest BCUT2D eigenvalue weighted by Gasteiger charge is -2.20. The lowest BCUT2D eigenvalue weighted by molar-refractivity contribution is 0.411. The number of nitrogens with zero attached hydrogens (tertiary/aromatic N) is 3. The first kappa shape index (κ1) is 18.1. The summed E-state index contributed by atoms with van der Waals surface area (Å²) in [6.45, 7) is 2.63. The third kappa shape index (κ3) is 3.62. The molecule has 0 radical (unpaired) electrons. The molecule has 2 aromatic carbocycles. The van der Waals surface area contributed by atoms with E-state index in [-0.39, 0.29) is 4.90 Å². The van der Waals surface area contributed by atoms with Gasteiger partial charge in [0, 0.05) is 25.2 Å². The molecule has 0 spiro atoms. The van der Waals surface area contributed by atoms with Crippen LogP contribution < -0.4 is 9.64 Å². The Balaban J connectivity index is 2.00. The molecule has 0 bridgehead atoms. The first-order chi connectivity index (χ1) is 12.3. The zero-order valence-corrected chi connectivity index (χ0v) is 16.0.